The molecule has 5 nitrogen and oxygen atoms in total. The first-order chi connectivity index (χ1) is 14.0. The summed E-state index contributed by atoms with van der Waals surface area (Å²) in [5.74, 6) is -3.10. The van der Waals surface area contributed by atoms with Crippen LogP contribution in [0.15, 0.2) is 65.3 Å². The van der Waals surface area contributed by atoms with Crippen LogP contribution in [0.3, 0.4) is 0 Å². The lowest BCUT2D eigenvalue weighted by molar-refractivity contribution is -0.116. The predicted molar refractivity (Wildman–Crippen MR) is 104 cm³/mol. The lowest BCUT2D eigenvalue weighted by Crippen LogP contribution is -2.35. The number of Topliss-reactive ketones (excluding diaryl/α,β-unsaturated/α-hetero) is 1. The second-order valence-electron chi connectivity index (χ2n) is 7.10. The van der Waals surface area contributed by atoms with Gasteiger partial charge in [-0.25, -0.2) is 8.78 Å². The Kier molecular flexibility index (Phi) is 4.96. The molecule has 7 heteroatoms. The number of aromatic nitrogens is 1. The Labute approximate surface area is 166 Å². The minimum Gasteiger partial charge on any atom is -0.362 e. The first kappa shape index (κ1) is 19.0. The van der Waals surface area contributed by atoms with Gasteiger partial charge in [-0.1, -0.05) is 12.1 Å². The number of hydrogen-bond donors (Lipinski definition) is 2. The SMILES string of the molecule is CC1=C(C(=O)Nc2c(F)cccc2F)C(c2cccnc2)C2=C(CCCC2=O)N1. The molecule has 0 bridgehead atoms. The van der Waals surface area contributed by atoms with E-state index >= 15 is 0 Å². The van der Waals surface area contributed by atoms with Crippen LogP contribution in [-0.2, 0) is 9.59 Å². The molecular formula is C22H19F2N3O2. The zero-order valence-electron chi connectivity index (χ0n) is 15.8. The maximum absolute atomic E-state index is 14.1. The van der Waals surface area contributed by atoms with E-state index in [1.165, 1.54) is 6.07 Å². The average Bonchev–Trinajstić information content (AvgIpc) is 2.70. The summed E-state index contributed by atoms with van der Waals surface area (Å²) in [5.41, 5.74) is 2.26. The van der Waals surface area contributed by atoms with E-state index in [0.29, 0.717) is 29.7 Å². The molecule has 1 atom stereocenters. The van der Waals surface area contributed by atoms with Crippen molar-refractivity contribution in [2.24, 2.45) is 0 Å². The van der Waals surface area contributed by atoms with Crippen molar-refractivity contribution in [1.82, 2.24) is 10.3 Å². The highest BCUT2D eigenvalue weighted by molar-refractivity contribution is 6.09. The lowest BCUT2D eigenvalue weighted by atomic mass is 9.75. The van der Waals surface area contributed by atoms with Gasteiger partial charge in [-0.2, -0.15) is 0 Å². The molecule has 1 aromatic carbocycles. The second-order valence-corrected chi connectivity index (χ2v) is 7.10. The highest BCUT2D eigenvalue weighted by atomic mass is 19.1. The van der Waals surface area contributed by atoms with Crippen LogP contribution in [0, 0.1) is 11.6 Å². The Balaban J connectivity index is 1.80. The summed E-state index contributed by atoms with van der Waals surface area (Å²) in [7, 11) is 0. The van der Waals surface area contributed by atoms with Gasteiger partial charge < -0.3 is 10.6 Å². The molecule has 2 aliphatic rings. The van der Waals surface area contributed by atoms with Crippen LogP contribution in [0.1, 0.15) is 37.7 Å². The van der Waals surface area contributed by atoms with Crippen LogP contribution in [0.5, 0.6) is 0 Å². The van der Waals surface area contributed by atoms with Crippen molar-refractivity contribution in [1.29, 1.82) is 0 Å². The molecule has 0 spiro atoms. The number of dihydropyridines is 1. The van der Waals surface area contributed by atoms with Gasteiger partial charge in [0.15, 0.2) is 5.78 Å². The molecule has 29 heavy (non-hydrogen) atoms. The minimum atomic E-state index is -0.869. The number of para-hydroxylation sites is 1. The van der Waals surface area contributed by atoms with Crippen LogP contribution in [0.25, 0.3) is 0 Å². The van der Waals surface area contributed by atoms with Crippen LogP contribution >= 0.6 is 0 Å². The Morgan fingerprint density at radius 2 is 1.93 bits per heavy atom. The number of hydrogen-bond acceptors (Lipinski definition) is 4. The number of nitrogens with one attached hydrogen (secondary N) is 2. The van der Waals surface area contributed by atoms with E-state index in [1.807, 2.05) is 0 Å². The largest absolute Gasteiger partial charge is 0.362 e. The quantitative estimate of drug-likeness (QED) is 0.825. The number of carbonyl (C=O) groups is 2. The number of rotatable bonds is 3. The molecule has 0 saturated carbocycles. The summed E-state index contributed by atoms with van der Waals surface area (Å²) in [4.78, 5) is 30.0. The first-order valence-corrected chi connectivity index (χ1v) is 9.36. The van der Waals surface area contributed by atoms with Crippen LogP contribution in [-0.4, -0.2) is 16.7 Å². The van der Waals surface area contributed by atoms with Gasteiger partial charge >= 0.3 is 0 Å². The number of anilines is 1. The second kappa shape index (κ2) is 7.58. The van der Waals surface area contributed by atoms with Crippen LogP contribution in [0.2, 0.25) is 0 Å². The van der Waals surface area contributed by atoms with Crippen molar-refractivity contribution >= 4 is 17.4 Å². The smallest absolute Gasteiger partial charge is 0.254 e. The molecule has 1 aliphatic carbocycles. The van der Waals surface area contributed by atoms with E-state index in [2.05, 4.69) is 15.6 Å². The molecular weight excluding hydrogens is 376 g/mol. The number of ketones is 1. The third-order valence-corrected chi connectivity index (χ3v) is 5.24. The molecule has 148 valence electrons. The van der Waals surface area contributed by atoms with Crippen molar-refractivity contribution < 1.29 is 18.4 Å². The predicted octanol–water partition coefficient (Wildman–Crippen LogP) is 3.97. The molecule has 1 amide bonds. The normalized spacial score (nSPS) is 19.0. The van der Waals surface area contributed by atoms with Crippen molar-refractivity contribution in [2.75, 3.05) is 5.32 Å². The van der Waals surface area contributed by atoms with Gasteiger partial charge in [0.25, 0.3) is 5.91 Å². The van der Waals surface area contributed by atoms with Crippen LogP contribution < -0.4 is 10.6 Å². The highest BCUT2D eigenvalue weighted by Crippen LogP contribution is 2.42. The number of benzene rings is 1. The number of allylic oxidation sites excluding steroid dienone is 3. The Hall–Kier alpha value is -3.35. The molecule has 1 unspecified atom stereocenters. The Bertz CT molecular complexity index is 1040. The molecule has 2 heterocycles. The zero-order chi connectivity index (χ0) is 20.5. The first-order valence-electron chi connectivity index (χ1n) is 9.36. The van der Waals surface area contributed by atoms with E-state index in [-0.39, 0.29) is 11.4 Å². The maximum Gasteiger partial charge on any atom is 0.254 e. The third kappa shape index (κ3) is 3.44. The Morgan fingerprint density at radius 3 is 2.62 bits per heavy atom. The van der Waals surface area contributed by atoms with Gasteiger partial charge in [0.2, 0.25) is 0 Å². The van der Waals surface area contributed by atoms with E-state index in [0.717, 1.165) is 24.3 Å². The van der Waals surface area contributed by atoms with Gasteiger partial charge in [0.05, 0.1) is 0 Å². The van der Waals surface area contributed by atoms with E-state index < -0.39 is 29.1 Å². The van der Waals surface area contributed by atoms with E-state index in [9.17, 15) is 18.4 Å². The van der Waals surface area contributed by atoms with Crippen molar-refractivity contribution in [3.05, 3.63) is 82.5 Å². The van der Waals surface area contributed by atoms with Crippen molar-refractivity contribution in [2.45, 2.75) is 32.1 Å². The average molecular weight is 395 g/mol. The minimum absolute atomic E-state index is 0.0394. The summed E-state index contributed by atoms with van der Waals surface area (Å²) < 4.78 is 28.1. The molecule has 1 aliphatic heterocycles. The topological polar surface area (TPSA) is 71.1 Å². The number of amides is 1. The van der Waals surface area contributed by atoms with E-state index in [1.54, 1.807) is 31.5 Å². The molecule has 0 fully saturated rings. The lowest BCUT2D eigenvalue weighted by Gasteiger charge is -2.34. The molecule has 2 aromatic rings. The third-order valence-electron chi connectivity index (χ3n) is 5.24. The maximum atomic E-state index is 14.1. The summed E-state index contributed by atoms with van der Waals surface area (Å²) in [6, 6.07) is 6.89. The Morgan fingerprint density at radius 1 is 1.17 bits per heavy atom. The molecule has 4 rings (SSSR count). The summed E-state index contributed by atoms with van der Waals surface area (Å²) >= 11 is 0. The molecule has 1 aromatic heterocycles. The number of nitrogens with zero attached hydrogens (tertiary/aromatic N) is 1. The van der Waals surface area contributed by atoms with Gasteiger partial charge in [0, 0.05) is 47.3 Å². The van der Waals surface area contributed by atoms with Crippen molar-refractivity contribution in [3.8, 4) is 0 Å². The van der Waals surface area contributed by atoms with Gasteiger partial charge in [0.1, 0.15) is 17.3 Å². The standard InChI is InChI=1S/C22H19F2N3O2/c1-12-18(22(29)27-21-14(23)6-2-7-15(21)24)19(13-5-4-10-25-11-13)20-16(26-12)8-3-9-17(20)28/h2,4-7,10-11,19,26H,3,8-9H2,1H3,(H,27,29). The molecule has 0 radical (unpaired) electrons. The monoisotopic (exact) mass is 395 g/mol. The highest BCUT2D eigenvalue weighted by Gasteiger charge is 2.38. The van der Waals surface area contributed by atoms with Crippen LogP contribution in [0.4, 0.5) is 14.5 Å². The summed E-state index contributed by atoms with van der Waals surface area (Å²) in [6.07, 6.45) is 5.04. The molecule has 0 saturated heterocycles. The number of pyridine rings is 1. The van der Waals surface area contributed by atoms with Crippen molar-refractivity contribution in [3.63, 3.8) is 0 Å². The summed E-state index contributed by atoms with van der Waals surface area (Å²) in [5, 5.41) is 5.51. The zero-order valence-corrected chi connectivity index (χ0v) is 15.8. The van der Waals surface area contributed by atoms with Gasteiger partial charge in [-0.15, -0.1) is 0 Å². The van der Waals surface area contributed by atoms with Gasteiger partial charge in [-0.3, -0.25) is 14.6 Å². The number of carbonyl (C=O) groups excluding carboxylic acids is 2. The number of halogens is 2. The fourth-order valence-corrected chi connectivity index (χ4v) is 3.96. The molecule has 2 N–H and O–H groups in total. The summed E-state index contributed by atoms with van der Waals surface area (Å²) in [6.45, 7) is 1.72. The van der Waals surface area contributed by atoms with E-state index in [4.69, 9.17) is 0 Å². The fourth-order valence-electron chi connectivity index (χ4n) is 3.96. The van der Waals surface area contributed by atoms with Gasteiger partial charge in [-0.05, 0) is 43.5 Å². The fraction of sp³-hybridized carbons (Fsp3) is 0.227.